The average Bonchev–Trinajstić information content (AvgIpc) is 3.49. The SMILES string of the molecule is COc1ccc(S(=O)(=O)N(CCC(Cc2ccccc2)NC(=O)c2ccccc2OC2CCOC2)CC(C)C)cc1. The van der Waals surface area contributed by atoms with Gasteiger partial charge in [-0.1, -0.05) is 56.3 Å². The quantitative estimate of drug-likeness (QED) is 0.290. The van der Waals surface area contributed by atoms with Crippen LogP contribution in [0.4, 0.5) is 0 Å². The van der Waals surface area contributed by atoms with Gasteiger partial charge in [0.05, 0.1) is 30.8 Å². The average molecular weight is 581 g/mol. The zero-order chi connectivity index (χ0) is 29.2. The number of methoxy groups -OCH3 is 1. The molecule has 8 nitrogen and oxygen atoms in total. The molecular weight excluding hydrogens is 540 g/mol. The van der Waals surface area contributed by atoms with Crippen molar-refractivity contribution in [1.82, 2.24) is 9.62 Å². The van der Waals surface area contributed by atoms with E-state index in [0.29, 0.717) is 49.7 Å². The van der Waals surface area contributed by atoms with E-state index >= 15 is 0 Å². The number of ether oxygens (including phenoxy) is 3. The number of para-hydroxylation sites is 1. The van der Waals surface area contributed by atoms with E-state index < -0.39 is 10.0 Å². The largest absolute Gasteiger partial charge is 0.497 e. The molecule has 2 unspecified atom stereocenters. The lowest BCUT2D eigenvalue weighted by Crippen LogP contribution is -2.42. The van der Waals surface area contributed by atoms with E-state index in [1.807, 2.05) is 56.3 Å². The number of hydrogen-bond acceptors (Lipinski definition) is 6. The zero-order valence-electron chi connectivity index (χ0n) is 24.0. The topological polar surface area (TPSA) is 94.2 Å². The Hall–Kier alpha value is -3.40. The molecule has 0 saturated carbocycles. The Morgan fingerprint density at radius 3 is 2.39 bits per heavy atom. The summed E-state index contributed by atoms with van der Waals surface area (Å²) in [5, 5.41) is 3.17. The number of carbonyl (C=O) groups excluding carboxylic acids is 1. The van der Waals surface area contributed by atoms with Crippen molar-refractivity contribution in [2.45, 2.75) is 50.2 Å². The minimum Gasteiger partial charge on any atom is -0.497 e. The highest BCUT2D eigenvalue weighted by Gasteiger charge is 2.27. The maximum absolute atomic E-state index is 13.7. The number of nitrogens with one attached hydrogen (secondary N) is 1. The summed E-state index contributed by atoms with van der Waals surface area (Å²) < 4.78 is 45.6. The molecule has 1 aliphatic heterocycles. The van der Waals surface area contributed by atoms with Gasteiger partial charge in [0.25, 0.3) is 5.91 Å². The molecule has 0 spiro atoms. The van der Waals surface area contributed by atoms with Crippen LogP contribution >= 0.6 is 0 Å². The first-order valence-corrected chi connectivity index (χ1v) is 15.5. The van der Waals surface area contributed by atoms with Gasteiger partial charge in [-0.25, -0.2) is 8.42 Å². The lowest BCUT2D eigenvalue weighted by atomic mass is 10.0. The van der Waals surface area contributed by atoms with Crippen LogP contribution in [0, 0.1) is 5.92 Å². The van der Waals surface area contributed by atoms with Crippen LogP contribution in [0.2, 0.25) is 0 Å². The number of benzene rings is 3. The fourth-order valence-electron chi connectivity index (χ4n) is 4.84. The number of carbonyl (C=O) groups is 1. The summed E-state index contributed by atoms with van der Waals surface area (Å²) in [6.45, 7) is 5.74. The van der Waals surface area contributed by atoms with E-state index in [-0.39, 0.29) is 35.4 Å². The maximum atomic E-state index is 13.7. The van der Waals surface area contributed by atoms with Crippen LogP contribution in [0.15, 0.2) is 83.8 Å². The molecule has 1 amide bonds. The first kappa shape index (κ1) is 30.6. The Balaban J connectivity index is 1.54. The Morgan fingerprint density at radius 2 is 1.73 bits per heavy atom. The second kappa shape index (κ2) is 14.5. The highest BCUT2D eigenvalue weighted by atomic mass is 32.2. The third-order valence-electron chi connectivity index (χ3n) is 6.97. The van der Waals surface area contributed by atoms with Gasteiger partial charge >= 0.3 is 0 Å². The number of nitrogens with zero attached hydrogens (tertiary/aromatic N) is 1. The first-order valence-electron chi connectivity index (χ1n) is 14.1. The second-order valence-electron chi connectivity index (χ2n) is 10.7. The van der Waals surface area contributed by atoms with Gasteiger partial charge in [-0.2, -0.15) is 4.31 Å². The molecule has 1 N–H and O–H groups in total. The molecule has 1 heterocycles. The third kappa shape index (κ3) is 8.55. The van der Waals surface area contributed by atoms with Gasteiger partial charge in [0.1, 0.15) is 17.6 Å². The minimum atomic E-state index is -3.76. The van der Waals surface area contributed by atoms with Crippen LogP contribution in [-0.2, 0) is 21.2 Å². The van der Waals surface area contributed by atoms with Crippen LogP contribution in [0.3, 0.4) is 0 Å². The fraction of sp³-hybridized carbons (Fsp3) is 0.406. The van der Waals surface area contributed by atoms with Crippen molar-refractivity contribution >= 4 is 15.9 Å². The van der Waals surface area contributed by atoms with Crippen molar-refractivity contribution in [3.05, 3.63) is 90.0 Å². The summed E-state index contributed by atoms with van der Waals surface area (Å²) in [7, 11) is -2.21. The van der Waals surface area contributed by atoms with Crippen molar-refractivity contribution in [1.29, 1.82) is 0 Å². The van der Waals surface area contributed by atoms with E-state index in [1.54, 1.807) is 43.5 Å². The van der Waals surface area contributed by atoms with Gasteiger partial charge in [0.15, 0.2) is 0 Å². The van der Waals surface area contributed by atoms with Gasteiger partial charge in [-0.05, 0) is 60.7 Å². The Morgan fingerprint density at radius 1 is 1.02 bits per heavy atom. The summed E-state index contributed by atoms with van der Waals surface area (Å²) in [6.07, 6.45) is 1.68. The summed E-state index contributed by atoms with van der Waals surface area (Å²) in [5.41, 5.74) is 1.50. The molecule has 9 heteroatoms. The summed E-state index contributed by atoms with van der Waals surface area (Å²) in [5.74, 6) is 0.972. The van der Waals surface area contributed by atoms with E-state index in [9.17, 15) is 13.2 Å². The number of sulfonamides is 1. The third-order valence-corrected chi connectivity index (χ3v) is 8.85. The molecule has 4 rings (SSSR count). The zero-order valence-corrected chi connectivity index (χ0v) is 24.8. The second-order valence-corrected chi connectivity index (χ2v) is 12.6. The van der Waals surface area contributed by atoms with Crippen molar-refractivity contribution in [2.75, 3.05) is 33.4 Å². The normalized spacial score (nSPS) is 16.1. The Bertz CT molecular complexity index is 1360. The summed E-state index contributed by atoms with van der Waals surface area (Å²) in [6, 6.07) is 23.2. The molecule has 0 aromatic heterocycles. The molecule has 1 fully saturated rings. The molecule has 41 heavy (non-hydrogen) atoms. The van der Waals surface area contributed by atoms with Crippen LogP contribution in [-0.4, -0.2) is 64.2 Å². The van der Waals surface area contributed by atoms with Crippen molar-refractivity contribution in [3.63, 3.8) is 0 Å². The van der Waals surface area contributed by atoms with E-state index in [0.717, 1.165) is 12.0 Å². The molecule has 1 aliphatic rings. The van der Waals surface area contributed by atoms with Crippen LogP contribution in [0.1, 0.15) is 42.6 Å². The van der Waals surface area contributed by atoms with Crippen molar-refractivity contribution in [3.8, 4) is 11.5 Å². The molecule has 3 aromatic rings. The van der Waals surface area contributed by atoms with Crippen molar-refractivity contribution in [2.24, 2.45) is 5.92 Å². The predicted octanol–water partition coefficient (Wildman–Crippen LogP) is 4.94. The molecule has 3 aromatic carbocycles. The van der Waals surface area contributed by atoms with Gasteiger partial charge in [0, 0.05) is 25.6 Å². The Labute approximate surface area is 243 Å². The molecule has 1 saturated heterocycles. The molecular formula is C32H40N2O6S. The molecule has 0 radical (unpaired) electrons. The van der Waals surface area contributed by atoms with E-state index in [4.69, 9.17) is 14.2 Å². The van der Waals surface area contributed by atoms with Gasteiger partial charge in [0.2, 0.25) is 10.0 Å². The number of hydrogen-bond donors (Lipinski definition) is 1. The number of rotatable bonds is 14. The Kier molecular flexibility index (Phi) is 10.8. The lowest BCUT2D eigenvalue weighted by Gasteiger charge is -2.27. The van der Waals surface area contributed by atoms with Crippen molar-refractivity contribution < 1.29 is 27.4 Å². The first-order chi connectivity index (χ1) is 19.8. The monoisotopic (exact) mass is 580 g/mol. The van der Waals surface area contributed by atoms with Gasteiger partial charge < -0.3 is 19.5 Å². The highest BCUT2D eigenvalue weighted by Crippen LogP contribution is 2.24. The molecule has 2 atom stereocenters. The standard InChI is InChI=1S/C32H40N2O6S/c1-24(2)22-34(41(36,37)29-15-13-27(38-3)14-16-29)19-17-26(21-25-9-5-4-6-10-25)33-32(35)30-11-7-8-12-31(30)40-28-18-20-39-23-28/h4-16,24,26,28H,17-23H2,1-3H3,(H,33,35). The molecule has 220 valence electrons. The predicted molar refractivity (Wildman–Crippen MR) is 159 cm³/mol. The van der Waals surface area contributed by atoms with E-state index in [1.165, 1.54) is 4.31 Å². The smallest absolute Gasteiger partial charge is 0.255 e. The fourth-order valence-corrected chi connectivity index (χ4v) is 6.46. The lowest BCUT2D eigenvalue weighted by molar-refractivity contribution is 0.0923. The summed E-state index contributed by atoms with van der Waals surface area (Å²) >= 11 is 0. The van der Waals surface area contributed by atoms with Crippen LogP contribution in [0.5, 0.6) is 11.5 Å². The highest BCUT2D eigenvalue weighted by molar-refractivity contribution is 7.89. The minimum absolute atomic E-state index is 0.0863. The van der Waals surface area contributed by atoms with E-state index in [2.05, 4.69) is 5.32 Å². The molecule has 0 bridgehead atoms. The summed E-state index contributed by atoms with van der Waals surface area (Å²) in [4.78, 5) is 13.8. The number of amides is 1. The van der Waals surface area contributed by atoms with Gasteiger partial charge in [-0.15, -0.1) is 0 Å². The van der Waals surface area contributed by atoms with Crippen LogP contribution in [0.25, 0.3) is 0 Å². The maximum Gasteiger partial charge on any atom is 0.255 e. The van der Waals surface area contributed by atoms with Gasteiger partial charge in [-0.3, -0.25) is 4.79 Å². The molecule has 0 aliphatic carbocycles. The van der Waals surface area contributed by atoms with Crippen LogP contribution < -0.4 is 14.8 Å².